The highest BCUT2D eigenvalue weighted by Gasteiger charge is 2.11. The molecule has 2 heterocycles. The van der Waals surface area contributed by atoms with Crippen LogP contribution in [0.1, 0.15) is 12.7 Å². The van der Waals surface area contributed by atoms with Crippen LogP contribution >= 0.6 is 0 Å². The largest absolute Gasteiger partial charge is 0.421 e. The molecule has 2 aromatic heterocycles. The maximum absolute atomic E-state index is 11.9. The first-order valence-electron chi connectivity index (χ1n) is 6.27. The smallest absolute Gasteiger partial charge is 0.362 e. The number of rotatable bonds is 4. The molecule has 0 atom stereocenters. The maximum atomic E-state index is 11.9. The Kier molecular flexibility index (Phi) is 3.05. The summed E-state index contributed by atoms with van der Waals surface area (Å²) in [5.41, 5.74) is 1.26. The van der Waals surface area contributed by atoms with Gasteiger partial charge in [-0.2, -0.15) is 0 Å². The van der Waals surface area contributed by atoms with Gasteiger partial charge in [0.2, 0.25) is 0 Å². The predicted octanol–water partition coefficient (Wildman–Crippen LogP) is 2.25. The van der Waals surface area contributed by atoms with Crippen molar-refractivity contribution in [2.75, 3.05) is 13.2 Å². The highest BCUT2D eigenvalue weighted by molar-refractivity contribution is 6.00. The monoisotopic (exact) mass is 258 g/mol. The number of aromatic amines is 1. The molecular formula is C14H14N2O3. The minimum atomic E-state index is -0.385. The van der Waals surface area contributed by atoms with Crippen LogP contribution in [0, 0.1) is 0 Å². The Morgan fingerprint density at radius 1 is 1.37 bits per heavy atom. The molecule has 0 unspecified atom stereocenters. The SMILES string of the molecule is CCOCCc1nc2c([nH]1)c(=O)oc1ccccc12. The van der Waals surface area contributed by atoms with Crippen LogP contribution in [0.2, 0.25) is 0 Å². The quantitative estimate of drug-likeness (QED) is 0.575. The first kappa shape index (κ1) is 11.9. The average molecular weight is 258 g/mol. The molecule has 0 saturated carbocycles. The third-order valence-corrected chi connectivity index (χ3v) is 2.99. The lowest BCUT2D eigenvalue weighted by Crippen LogP contribution is -2.00. The van der Waals surface area contributed by atoms with E-state index in [-0.39, 0.29) is 5.63 Å². The van der Waals surface area contributed by atoms with E-state index in [1.54, 1.807) is 6.07 Å². The zero-order chi connectivity index (χ0) is 13.2. The zero-order valence-electron chi connectivity index (χ0n) is 10.6. The molecule has 3 aromatic rings. The van der Waals surface area contributed by atoms with E-state index >= 15 is 0 Å². The summed E-state index contributed by atoms with van der Waals surface area (Å²) in [6, 6.07) is 7.40. The molecule has 1 aromatic carbocycles. The number of fused-ring (bicyclic) bond motifs is 3. The average Bonchev–Trinajstić information content (AvgIpc) is 2.84. The summed E-state index contributed by atoms with van der Waals surface area (Å²) in [6.45, 7) is 3.20. The molecule has 3 rings (SSSR count). The van der Waals surface area contributed by atoms with E-state index in [1.807, 2.05) is 25.1 Å². The summed E-state index contributed by atoms with van der Waals surface area (Å²) >= 11 is 0. The number of para-hydroxylation sites is 1. The topological polar surface area (TPSA) is 68.1 Å². The van der Waals surface area contributed by atoms with E-state index in [1.165, 1.54) is 0 Å². The van der Waals surface area contributed by atoms with E-state index in [4.69, 9.17) is 9.15 Å². The Balaban J connectivity index is 2.13. The van der Waals surface area contributed by atoms with Crippen molar-refractivity contribution in [2.45, 2.75) is 13.3 Å². The van der Waals surface area contributed by atoms with Crippen molar-refractivity contribution in [1.82, 2.24) is 9.97 Å². The van der Waals surface area contributed by atoms with Crippen molar-refractivity contribution in [3.8, 4) is 0 Å². The third-order valence-electron chi connectivity index (χ3n) is 2.99. The number of hydrogen-bond acceptors (Lipinski definition) is 4. The van der Waals surface area contributed by atoms with Crippen LogP contribution in [0.15, 0.2) is 33.5 Å². The van der Waals surface area contributed by atoms with Gasteiger partial charge in [-0.15, -0.1) is 0 Å². The van der Waals surface area contributed by atoms with Crippen LogP contribution < -0.4 is 5.63 Å². The molecule has 0 spiro atoms. The number of aromatic nitrogens is 2. The lowest BCUT2D eigenvalue weighted by atomic mass is 10.2. The second-order valence-electron chi connectivity index (χ2n) is 4.24. The molecule has 0 amide bonds. The number of H-pyrrole nitrogens is 1. The van der Waals surface area contributed by atoms with Gasteiger partial charge in [-0.3, -0.25) is 0 Å². The Hall–Kier alpha value is -2.14. The molecule has 1 N–H and O–H groups in total. The van der Waals surface area contributed by atoms with Gasteiger partial charge in [0, 0.05) is 18.4 Å². The molecule has 0 aliphatic heterocycles. The van der Waals surface area contributed by atoms with E-state index < -0.39 is 0 Å². The number of imidazole rings is 1. The standard InChI is InChI=1S/C14H14N2O3/c1-2-18-8-7-11-15-12-9-5-3-4-6-10(9)19-14(17)13(12)16-11/h3-6H,2,7-8H2,1H3,(H,15,16). The molecule has 5 nitrogen and oxygen atoms in total. The van der Waals surface area contributed by atoms with Crippen molar-refractivity contribution < 1.29 is 9.15 Å². The lowest BCUT2D eigenvalue weighted by molar-refractivity contribution is 0.149. The van der Waals surface area contributed by atoms with E-state index in [0.29, 0.717) is 36.3 Å². The normalized spacial score (nSPS) is 11.4. The fourth-order valence-electron chi connectivity index (χ4n) is 2.10. The molecule has 0 saturated heterocycles. The van der Waals surface area contributed by atoms with E-state index in [0.717, 1.165) is 11.2 Å². The minimum Gasteiger partial charge on any atom is -0.421 e. The van der Waals surface area contributed by atoms with Crippen LogP contribution in [-0.2, 0) is 11.2 Å². The van der Waals surface area contributed by atoms with E-state index in [2.05, 4.69) is 9.97 Å². The number of nitrogens with zero attached hydrogens (tertiary/aromatic N) is 1. The number of hydrogen-bond donors (Lipinski definition) is 1. The zero-order valence-corrected chi connectivity index (χ0v) is 10.6. The highest BCUT2D eigenvalue weighted by atomic mass is 16.5. The van der Waals surface area contributed by atoms with Gasteiger partial charge in [0.1, 0.15) is 16.9 Å². The van der Waals surface area contributed by atoms with E-state index in [9.17, 15) is 4.79 Å². The minimum absolute atomic E-state index is 0.385. The van der Waals surface area contributed by atoms with Crippen molar-refractivity contribution in [2.24, 2.45) is 0 Å². The summed E-state index contributed by atoms with van der Waals surface area (Å²) in [6.07, 6.45) is 0.649. The summed E-state index contributed by atoms with van der Waals surface area (Å²) in [4.78, 5) is 19.4. The molecule has 98 valence electrons. The molecule has 0 aliphatic carbocycles. The molecule has 5 heteroatoms. The fraction of sp³-hybridized carbons (Fsp3) is 0.286. The molecule has 0 fully saturated rings. The van der Waals surface area contributed by atoms with Gasteiger partial charge in [-0.1, -0.05) is 12.1 Å². The van der Waals surface area contributed by atoms with Crippen molar-refractivity contribution in [3.63, 3.8) is 0 Å². The highest BCUT2D eigenvalue weighted by Crippen LogP contribution is 2.20. The third kappa shape index (κ3) is 2.13. The van der Waals surface area contributed by atoms with Gasteiger partial charge >= 0.3 is 5.63 Å². The second-order valence-corrected chi connectivity index (χ2v) is 4.24. The van der Waals surface area contributed by atoms with Gasteiger partial charge in [0.15, 0.2) is 5.52 Å². The molecule has 0 bridgehead atoms. The Morgan fingerprint density at radius 2 is 2.21 bits per heavy atom. The summed E-state index contributed by atoms with van der Waals surface area (Å²) in [5, 5.41) is 0.844. The maximum Gasteiger partial charge on any atom is 0.362 e. The number of benzene rings is 1. The van der Waals surface area contributed by atoms with Crippen molar-refractivity contribution in [3.05, 3.63) is 40.5 Å². The van der Waals surface area contributed by atoms with Gasteiger partial charge < -0.3 is 14.1 Å². The summed E-state index contributed by atoms with van der Waals surface area (Å²) < 4.78 is 10.5. The molecule has 0 aliphatic rings. The van der Waals surface area contributed by atoms with Crippen LogP contribution in [0.5, 0.6) is 0 Å². The Labute approximate surface area is 109 Å². The summed E-state index contributed by atoms with van der Waals surface area (Å²) in [7, 11) is 0. The van der Waals surface area contributed by atoms with Crippen molar-refractivity contribution in [1.29, 1.82) is 0 Å². The molecular weight excluding hydrogens is 244 g/mol. The first-order valence-corrected chi connectivity index (χ1v) is 6.27. The second kappa shape index (κ2) is 4.85. The predicted molar refractivity (Wildman–Crippen MR) is 72.3 cm³/mol. The fourth-order valence-corrected chi connectivity index (χ4v) is 2.10. The van der Waals surface area contributed by atoms with Crippen molar-refractivity contribution >= 4 is 22.0 Å². The molecule has 0 radical (unpaired) electrons. The first-order chi connectivity index (χ1) is 9.29. The van der Waals surface area contributed by atoms with Crippen LogP contribution in [-0.4, -0.2) is 23.2 Å². The number of nitrogens with one attached hydrogen (secondary N) is 1. The van der Waals surface area contributed by atoms with Gasteiger partial charge in [-0.05, 0) is 19.1 Å². The van der Waals surface area contributed by atoms with Gasteiger partial charge in [0.05, 0.1) is 6.61 Å². The molecule has 19 heavy (non-hydrogen) atoms. The Bertz CT molecular complexity index is 773. The van der Waals surface area contributed by atoms with Gasteiger partial charge in [0.25, 0.3) is 0 Å². The number of ether oxygens (including phenoxy) is 1. The van der Waals surface area contributed by atoms with Crippen LogP contribution in [0.3, 0.4) is 0 Å². The van der Waals surface area contributed by atoms with Crippen LogP contribution in [0.4, 0.5) is 0 Å². The summed E-state index contributed by atoms with van der Waals surface area (Å²) in [5.74, 6) is 0.743. The van der Waals surface area contributed by atoms with Crippen LogP contribution in [0.25, 0.3) is 22.0 Å². The lowest BCUT2D eigenvalue weighted by Gasteiger charge is -1.96. The Morgan fingerprint density at radius 3 is 3.05 bits per heavy atom. The van der Waals surface area contributed by atoms with Gasteiger partial charge in [-0.25, -0.2) is 9.78 Å².